The van der Waals surface area contributed by atoms with Gasteiger partial charge in [-0.15, -0.1) is 0 Å². The van der Waals surface area contributed by atoms with Crippen molar-refractivity contribution in [2.75, 3.05) is 13.6 Å². The zero-order valence-electron chi connectivity index (χ0n) is 22.8. The van der Waals surface area contributed by atoms with Crippen LogP contribution in [0.4, 0.5) is 0 Å². The SMILES string of the molecule is CC1=C(C)C(=O)C2=C(CC3[C@@H]4c5c(cc(C)c(C)c5O)C[C@H]([C@H](C#N)N3[C@H]2CNC(=O)[C@H](C)N)N4C)C1=O. The molecule has 3 heterocycles. The number of fused-ring (bicyclic) bond motifs is 6. The quantitative estimate of drug-likeness (QED) is 0.513. The van der Waals surface area contributed by atoms with Crippen molar-refractivity contribution in [2.24, 2.45) is 5.73 Å². The minimum absolute atomic E-state index is 0.0498. The first-order chi connectivity index (χ1) is 17.9. The molecule has 1 amide bonds. The largest absolute Gasteiger partial charge is 0.507 e. The van der Waals surface area contributed by atoms with Crippen LogP contribution in [0.15, 0.2) is 28.4 Å². The van der Waals surface area contributed by atoms with Gasteiger partial charge < -0.3 is 16.2 Å². The molecule has 9 nitrogen and oxygen atoms in total. The molecule has 3 aliphatic heterocycles. The van der Waals surface area contributed by atoms with Gasteiger partial charge in [-0.1, -0.05) is 6.07 Å². The van der Waals surface area contributed by atoms with Gasteiger partial charge in [0.2, 0.25) is 5.91 Å². The Morgan fingerprint density at radius 2 is 1.84 bits per heavy atom. The molecule has 4 aliphatic rings. The third-order valence-electron chi connectivity index (χ3n) is 9.27. The van der Waals surface area contributed by atoms with Crippen LogP contribution in [0.2, 0.25) is 0 Å². The molecule has 1 aromatic carbocycles. The number of likely N-dealkylation sites (N-methyl/N-ethyl adjacent to an activating group) is 1. The van der Waals surface area contributed by atoms with Crippen LogP contribution in [0.1, 0.15) is 55.5 Å². The molecule has 200 valence electrons. The van der Waals surface area contributed by atoms with Gasteiger partial charge in [0.15, 0.2) is 11.6 Å². The number of phenols is 1. The van der Waals surface area contributed by atoms with Crippen molar-refractivity contribution in [3.8, 4) is 11.8 Å². The molecule has 1 fully saturated rings. The minimum atomic E-state index is -0.746. The second kappa shape index (κ2) is 9.16. The van der Waals surface area contributed by atoms with Gasteiger partial charge in [0.05, 0.1) is 24.2 Å². The van der Waals surface area contributed by atoms with Crippen LogP contribution in [0.3, 0.4) is 0 Å². The van der Waals surface area contributed by atoms with Gasteiger partial charge in [-0.3, -0.25) is 24.2 Å². The highest BCUT2D eigenvalue weighted by Crippen LogP contribution is 2.52. The zero-order chi connectivity index (χ0) is 27.8. The van der Waals surface area contributed by atoms with Crippen molar-refractivity contribution in [3.05, 3.63) is 50.6 Å². The number of nitrogens with two attached hydrogens (primary N) is 1. The lowest BCUT2D eigenvalue weighted by molar-refractivity contribution is -0.124. The van der Waals surface area contributed by atoms with Gasteiger partial charge in [0.1, 0.15) is 11.8 Å². The number of carbonyl (C=O) groups excluding carboxylic acids is 3. The van der Waals surface area contributed by atoms with Crippen LogP contribution in [-0.4, -0.2) is 76.2 Å². The highest BCUT2D eigenvalue weighted by atomic mass is 16.3. The number of hydrogen-bond donors (Lipinski definition) is 3. The predicted octanol–water partition coefficient (Wildman–Crippen LogP) is 1.50. The minimum Gasteiger partial charge on any atom is -0.507 e. The third-order valence-corrected chi connectivity index (χ3v) is 9.27. The standard InChI is InChI=1S/C29H35N5O4/c1-12-7-17-8-19-21(10-30)34-20(25(33(19)6)23(17)27(36)13(12)2)9-18-24(22(34)11-32-29(38)16(5)31)28(37)15(4)14(3)26(18)35/h7,16,19-22,25,36H,8-9,11,31H2,1-6H3,(H,32,38)/t16-,19+,20?,21-,22-,25+/m0/s1. The number of piperazine rings is 1. The van der Waals surface area contributed by atoms with E-state index in [0.29, 0.717) is 28.7 Å². The van der Waals surface area contributed by atoms with Crippen LogP contribution in [0.5, 0.6) is 5.75 Å². The van der Waals surface area contributed by atoms with Gasteiger partial charge in [-0.05, 0) is 71.2 Å². The van der Waals surface area contributed by atoms with Crippen LogP contribution >= 0.6 is 0 Å². The zero-order valence-corrected chi connectivity index (χ0v) is 22.8. The summed E-state index contributed by atoms with van der Waals surface area (Å²) in [4.78, 5) is 43.9. The normalized spacial score (nSPS) is 29.9. The van der Waals surface area contributed by atoms with Crippen molar-refractivity contribution in [1.82, 2.24) is 15.1 Å². The molecule has 0 aromatic heterocycles. The summed E-state index contributed by atoms with van der Waals surface area (Å²) in [5.74, 6) is -0.514. The molecular formula is C29H35N5O4. The number of phenolic OH excluding ortho intramolecular Hbond substituents is 1. The Morgan fingerprint density at radius 3 is 2.47 bits per heavy atom. The Balaban J connectivity index is 1.72. The van der Waals surface area contributed by atoms with E-state index in [1.807, 2.05) is 25.8 Å². The molecule has 1 aliphatic carbocycles. The van der Waals surface area contributed by atoms with Gasteiger partial charge in [-0.25, -0.2) is 0 Å². The van der Waals surface area contributed by atoms with Crippen molar-refractivity contribution in [2.45, 2.75) is 83.7 Å². The highest BCUT2D eigenvalue weighted by molar-refractivity contribution is 6.25. The van der Waals surface area contributed by atoms with Gasteiger partial charge in [-0.2, -0.15) is 5.26 Å². The van der Waals surface area contributed by atoms with Crippen molar-refractivity contribution < 1.29 is 19.5 Å². The molecule has 4 N–H and O–H groups in total. The number of Topliss-reactive ketones (excluding diaryl/α,β-unsaturated/α-hetero) is 2. The first-order valence-corrected chi connectivity index (χ1v) is 13.1. The average Bonchev–Trinajstić information content (AvgIpc) is 2.88. The number of allylic oxidation sites excluding steroid dienone is 2. The fraction of sp³-hybridized carbons (Fsp3) is 0.517. The van der Waals surface area contributed by atoms with E-state index in [1.165, 1.54) is 0 Å². The predicted molar refractivity (Wildman–Crippen MR) is 141 cm³/mol. The molecular weight excluding hydrogens is 482 g/mol. The number of aryl methyl sites for hydroxylation is 1. The number of hydrogen-bond acceptors (Lipinski definition) is 8. The molecule has 0 spiro atoms. The second-order valence-electron chi connectivity index (χ2n) is 11.3. The molecule has 1 saturated heterocycles. The fourth-order valence-electron chi connectivity index (χ4n) is 6.93. The molecule has 0 radical (unpaired) electrons. The van der Waals surface area contributed by atoms with Crippen LogP contribution in [0.25, 0.3) is 0 Å². The number of nitrogens with one attached hydrogen (secondary N) is 1. The van der Waals surface area contributed by atoms with E-state index >= 15 is 0 Å². The van der Waals surface area contributed by atoms with Crippen LogP contribution in [-0.2, 0) is 20.8 Å². The number of amides is 1. The van der Waals surface area contributed by atoms with E-state index in [-0.39, 0.29) is 54.3 Å². The number of carbonyl (C=O) groups is 3. The van der Waals surface area contributed by atoms with E-state index in [9.17, 15) is 24.8 Å². The first-order valence-electron chi connectivity index (χ1n) is 13.1. The average molecular weight is 518 g/mol. The maximum absolute atomic E-state index is 13.7. The summed E-state index contributed by atoms with van der Waals surface area (Å²) in [7, 11) is 1.97. The monoisotopic (exact) mass is 517 g/mol. The number of benzene rings is 1. The number of aromatic hydroxyl groups is 1. The number of ketones is 2. The lowest BCUT2D eigenvalue weighted by Gasteiger charge is -2.60. The lowest BCUT2D eigenvalue weighted by Crippen LogP contribution is -2.71. The molecule has 1 unspecified atom stereocenters. The van der Waals surface area contributed by atoms with Crippen LogP contribution < -0.4 is 11.1 Å². The summed E-state index contributed by atoms with van der Waals surface area (Å²) in [5, 5.41) is 24.7. The highest BCUT2D eigenvalue weighted by Gasteiger charge is 2.57. The molecule has 6 atom stereocenters. The lowest BCUT2D eigenvalue weighted by atomic mass is 9.69. The molecule has 1 aromatic rings. The Morgan fingerprint density at radius 1 is 1.18 bits per heavy atom. The van der Waals surface area contributed by atoms with Crippen LogP contribution in [0, 0.1) is 25.2 Å². The maximum Gasteiger partial charge on any atom is 0.236 e. The van der Waals surface area contributed by atoms with E-state index in [4.69, 9.17) is 5.73 Å². The summed E-state index contributed by atoms with van der Waals surface area (Å²) >= 11 is 0. The van der Waals surface area contributed by atoms with Crippen molar-refractivity contribution in [1.29, 1.82) is 5.26 Å². The van der Waals surface area contributed by atoms with E-state index < -0.39 is 18.1 Å². The third kappa shape index (κ3) is 3.58. The van der Waals surface area contributed by atoms with Gasteiger partial charge in [0.25, 0.3) is 0 Å². The van der Waals surface area contributed by atoms with Gasteiger partial charge >= 0.3 is 0 Å². The molecule has 0 saturated carbocycles. The van der Waals surface area contributed by atoms with E-state index in [2.05, 4.69) is 22.4 Å². The summed E-state index contributed by atoms with van der Waals surface area (Å²) in [6.45, 7) is 8.82. The Labute approximate surface area is 223 Å². The van der Waals surface area contributed by atoms with Crippen molar-refractivity contribution in [3.63, 3.8) is 0 Å². The number of nitriles is 1. The Kier molecular flexibility index (Phi) is 6.33. The van der Waals surface area contributed by atoms with E-state index in [0.717, 1.165) is 22.3 Å². The summed E-state index contributed by atoms with van der Waals surface area (Å²) < 4.78 is 0. The topological polar surface area (TPSA) is 140 Å². The second-order valence-corrected chi connectivity index (χ2v) is 11.3. The first kappa shape index (κ1) is 26.3. The summed E-state index contributed by atoms with van der Waals surface area (Å²) in [5.41, 5.74) is 11.1. The summed E-state index contributed by atoms with van der Waals surface area (Å²) in [6.07, 6.45) is 0.835. The Bertz CT molecular complexity index is 1380. The maximum atomic E-state index is 13.7. The molecule has 38 heavy (non-hydrogen) atoms. The number of nitrogens with zero attached hydrogens (tertiary/aromatic N) is 3. The fourth-order valence-corrected chi connectivity index (χ4v) is 6.93. The van der Waals surface area contributed by atoms with Crippen molar-refractivity contribution >= 4 is 17.5 Å². The molecule has 2 bridgehead atoms. The van der Waals surface area contributed by atoms with E-state index in [1.54, 1.807) is 20.8 Å². The van der Waals surface area contributed by atoms with Gasteiger partial charge in [0, 0.05) is 46.5 Å². The Hall–Kier alpha value is -3.32. The molecule has 9 heteroatoms. The smallest absolute Gasteiger partial charge is 0.236 e. The summed E-state index contributed by atoms with van der Waals surface area (Å²) in [6, 6.07) is 1.71. The molecule has 5 rings (SSSR count). The number of rotatable bonds is 3.